The molecule has 0 radical (unpaired) electrons. The summed E-state index contributed by atoms with van der Waals surface area (Å²) in [7, 11) is 0. The van der Waals surface area contributed by atoms with E-state index in [2.05, 4.69) is 5.32 Å². The predicted octanol–water partition coefficient (Wildman–Crippen LogP) is 1.40. The van der Waals surface area contributed by atoms with Gasteiger partial charge in [0.2, 0.25) is 5.91 Å². The Hall–Kier alpha value is -1.06. The fourth-order valence-corrected chi connectivity index (χ4v) is 1.56. The third kappa shape index (κ3) is 2.94. The average Bonchev–Trinajstić information content (AvgIpc) is 2.61. The van der Waals surface area contributed by atoms with Crippen molar-refractivity contribution >= 4 is 11.9 Å². The van der Waals surface area contributed by atoms with Crippen molar-refractivity contribution in [3.63, 3.8) is 0 Å². The number of nitrogens with one attached hydrogen (secondary N) is 1. The maximum absolute atomic E-state index is 11.8. The van der Waals surface area contributed by atoms with Crippen molar-refractivity contribution in [3.05, 3.63) is 0 Å². The number of carboxylic acids is 1. The largest absolute Gasteiger partial charge is 0.481 e. The van der Waals surface area contributed by atoms with Crippen LogP contribution in [0.25, 0.3) is 0 Å². The molecule has 1 rings (SSSR count). The molecule has 4 heteroatoms. The number of hydrogen-bond acceptors (Lipinski definition) is 2. The molecule has 4 nitrogen and oxygen atoms in total. The van der Waals surface area contributed by atoms with Gasteiger partial charge in [0.05, 0.1) is 0 Å². The maximum Gasteiger partial charge on any atom is 0.316 e. The Morgan fingerprint density at radius 3 is 2.07 bits per heavy atom. The molecule has 0 aromatic rings. The van der Waals surface area contributed by atoms with Crippen molar-refractivity contribution in [1.82, 2.24) is 5.32 Å². The summed E-state index contributed by atoms with van der Waals surface area (Å²) in [5, 5.41) is 11.8. The zero-order valence-corrected chi connectivity index (χ0v) is 9.76. The summed E-state index contributed by atoms with van der Waals surface area (Å²) in [6.07, 6.45) is 1.88. The molecule has 1 aliphatic carbocycles. The number of amides is 1. The summed E-state index contributed by atoms with van der Waals surface area (Å²) in [5.74, 6) is -2.39. The van der Waals surface area contributed by atoms with Gasteiger partial charge in [-0.1, -0.05) is 20.8 Å². The van der Waals surface area contributed by atoms with Crippen LogP contribution in [0, 0.1) is 11.3 Å². The van der Waals surface area contributed by atoms with Gasteiger partial charge in [0, 0.05) is 5.54 Å². The Balaban J connectivity index is 2.72. The first kappa shape index (κ1) is 12.0. The quantitative estimate of drug-likeness (QED) is 0.696. The molecule has 0 bridgehead atoms. The second-order valence-electron chi connectivity index (χ2n) is 5.69. The van der Waals surface area contributed by atoms with Gasteiger partial charge in [-0.15, -0.1) is 0 Å². The monoisotopic (exact) mass is 213 g/mol. The summed E-state index contributed by atoms with van der Waals surface area (Å²) >= 11 is 0. The first-order valence-corrected chi connectivity index (χ1v) is 5.20. The summed E-state index contributed by atoms with van der Waals surface area (Å²) in [6.45, 7) is 7.23. The van der Waals surface area contributed by atoms with E-state index < -0.39 is 17.3 Å². The van der Waals surface area contributed by atoms with Crippen LogP contribution >= 0.6 is 0 Å². The van der Waals surface area contributed by atoms with Gasteiger partial charge in [0.15, 0.2) is 0 Å². The minimum atomic E-state index is -1.05. The van der Waals surface area contributed by atoms with Gasteiger partial charge in [-0.25, -0.2) is 0 Å². The van der Waals surface area contributed by atoms with Gasteiger partial charge in [-0.05, 0) is 25.2 Å². The number of carboxylic acid groups (broad SMARTS) is 1. The van der Waals surface area contributed by atoms with E-state index in [1.54, 1.807) is 20.8 Å². The molecule has 0 spiro atoms. The van der Waals surface area contributed by atoms with E-state index in [1.165, 1.54) is 0 Å². The molecule has 15 heavy (non-hydrogen) atoms. The summed E-state index contributed by atoms with van der Waals surface area (Å²) < 4.78 is 0. The zero-order valence-electron chi connectivity index (χ0n) is 9.76. The highest BCUT2D eigenvalue weighted by atomic mass is 16.4. The van der Waals surface area contributed by atoms with Crippen LogP contribution < -0.4 is 5.32 Å². The molecule has 1 saturated carbocycles. The molecule has 1 aliphatic rings. The third-order valence-corrected chi connectivity index (χ3v) is 2.80. The van der Waals surface area contributed by atoms with Gasteiger partial charge >= 0.3 is 5.97 Å². The highest BCUT2D eigenvalue weighted by molar-refractivity contribution is 5.98. The highest BCUT2D eigenvalue weighted by Gasteiger charge is 2.44. The zero-order chi connectivity index (χ0) is 11.9. The van der Waals surface area contributed by atoms with Gasteiger partial charge in [-0.3, -0.25) is 9.59 Å². The molecule has 0 aromatic carbocycles. The van der Waals surface area contributed by atoms with E-state index in [0.29, 0.717) is 0 Å². The minimum Gasteiger partial charge on any atom is -0.481 e. The molecule has 0 aliphatic heterocycles. The normalized spacial score (nSPS) is 20.5. The standard InChI is InChI=1S/C11H19NO3/c1-10(2,3)7(9(14)15)8(13)12-11(4)5-6-11/h7H,5-6H2,1-4H3,(H,12,13)(H,14,15). The van der Waals surface area contributed by atoms with E-state index in [9.17, 15) is 9.59 Å². The van der Waals surface area contributed by atoms with Crippen molar-refractivity contribution < 1.29 is 14.7 Å². The highest BCUT2D eigenvalue weighted by Crippen LogP contribution is 2.36. The SMILES string of the molecule is CC1(NC(=O)C(C(=O)O)C(C)(C)C)CC1. The van der Waals surface area contributed by atoms with Crippen LogP contribution in [0.4, 0.5) is 0 Å². The Kier molecular flexibility index (Phi) is 2.81. The van der Waals surface area contributed by atoms with Crippen molar-refractivity contribution in [1.29, 1.82) is 0 Å². The molecular formula is C11H19NO3. The lowest BCUT2D eigenvalue weighted by atomic mass is 9.80. The minimum absolute atomic E-state index is 0.157. The fraction of sp³-hybridized carbons (Fsp3) is 0.818. The first-order valence-electron chi connectivity index (χ1n) is 5.20. The predicted molar refractivity (Wildman–Crippen MR) is 56.4 cm³/mol. The van der Waals surface area contributed by atoms with Crippen LogP contribution in [-0.4, -0.2) is 22.5 Å². The number of aliphatic carboxylic acids is 1. The topological polar surface area (TPSA) is 66.4 Å². The van der Waals surface area contributed by atoms with Gasteiger partial charge in [0.1, 0.15) is 5.92 Å². The Morgan fingerprint density at radius 1 is 1.33 bits per heavy atom. The van der Waals surface area contributed by atoms with E-state index in [-0.39, 0.29) is 11.4 Å². The van der Waals surface area contributed by atoms with Crippen LogP contribution in [0.15, 0.2) is 0 Å². The van der Waals surface area contributed by atoms with Crippen LogP contribution in [0.5, 0.6) is 0 Å². The van der Waals surface area contributed by atoms with Crippen molar-refractivity contribution in [2.75, 3.05) is 0 Å². The Bertz CT molecular complexity index is 287. The second kappa shape index (κ2) is 3.51. The average molecular weight is 213 g/mol. The number of carbonyl (C=O) groups is 2. The van der Waals surface area contributed by atoms with Gasteiger partial charge in [-0.2, -0.15) is 0 Å². The number of carbonyl (C=O) groups excluding carboxylic acids is 1. The summed E-state index contributed by atoms with van der Waals surface area (Å²) in [6, 6.07) is 0. The molecule has 1 unspecified atom stereocenters. The van der Waals surface area contributed by atoms with E-state index in [1.807, 2.05) is 6.92 Å². The Labute approximate surface area is 90.0 Å². The lowest BCUT2D eigenvalue weighted by Gasteiger charge is -2.27. The van der Waals surface area contributed by atoms with E-state index >= 15 is 0 Å². The van der Waals surface area contributed by atoms with E-state index in [0.717, 1.165) is 12.8 Å². The second-order valence-corrected chi connectivity index (χ2v) is 5.69. The molecule has 0 saturated heterocycles. The molecule has 0 aromatic heterocycles. The molecule has 0 heterocycles. The number of rotatable bonds is 3. The van der Waals surface area contributed by atoms with Crippen LogP contribution in [0.3, 0.4) is 0 Å². The summed E-state index contributed by atoms with van der Waals surface area (Å²) in [5.41, 5.74) is -0.711. The Morgan fingerprint density at radius 2 is 1.80 bits per heavy atom. The van der Waals surface area contributed by atoms with Crippen molar-refractivity contribution in [3.8, 4) is 0 Å². The van der Waals surface area contributed by atoms with Gasteiger partial charge in [0.25, 0.3) is 0 Å². The van der Waals surface area contributed by atoms with Crippen LogP contribution in [0.2, 0.25) is 0 Å². The maximum atomic E-state index is 11.8. The fourth-order valence-electron chi connectivity index (χ4n) is 1.56. The summed E-state index contributed by atoms with van der Waals surface area (Å²) in [4.78, 5) is 22.8. The van der Waals surface area contributed by atoms with Gasteiger partial charge < -0.3 is 10.4 Å². The third-order valence-electron chi connectivity index (χ3n) is 2.80. The molecule has 2 N–H and O–H groups in total. The molecular weight excluding hydrogens is 194 g/mol. The van der Waals surface area contributed by atoms with Crippen molar-refractivity contribution in [2.24, 2.45) is 11.3 Å². The molecule has 1 fully saturated rings. The smallest absolute Gasteiger partial charge is 0.316 e. The van der Waals surface area contributed by atoms with E-state index in [4.69, 9.17) is 5.11 Å². The molecule has 1 atom stereocenters. The van der Waals surface area contributed by atoms with Crippen LogP contribution in [-0.2, 0) is 9.59 Å². The molecule has 1 amide bonds. The lowest BCUT2D eigenvalue weighted by molar-refractivity contribution is -0.151. The molecule has 86 valence electrons. The van der Waals surface area contributed by atoms with Crippen LogP contribution in [0.1, 0.15) is 40.5 Å². The number of hydrogen-bond donors (Lipinski definition) is 2. The van der Waals surface area contributed by atoms with Crippen molar-refractivity contribution in [2.45, 2.75) is 46.1 Å². The lowest BCUT2D eigenvalue weighted by Crippen LogP contribution is -2.46. The first-order chi connectivity index (χ1) is 6.66.